The lowest BCUT2D eigenvalue weighted by atomic mass is 10.3. The molecule has 1 saturated heterocycles. The number of benzene rings is 1. The van der Waals surface area contributed by atoms with E-state index in [1.807, 2.05) is 11.4 Å². The van der Waals surface area contributed by atoms with Crippen molar-refractivity contribution in [3.63, 3.8) is 0 Å². The van der Waals surface area contributed by atoms with Crippen molar-refractivity contribution in [2.24, 2.45) is 0 Å². The number of rotatable bonds is 5. The average Bonchev–Trinajstić information content (AvgIpc) is 3.09. The van der Waals surface area contributed by atoms with Crippen molar-refractivity contribution in [2.45, 2.75) is 11.0 Å². The predicted molar refractivity (Wildman–Crippen MR) is 85.7 cm³/mol. The second-order valence-corrected chi connectivity index (χ2v) is 8.20. The molecule has 0 saturated carbocycles. The maximum absolute atomic E-state index is 12.3. The summed E-state index contributed by atoms with van der Waals surface area (Å²) in [5.74, 6) is 0.127. The van der Waals surface area contributed by atoms with Crippen LogP contribution in [0.25, 0.3) is 0 Å². The van der Waals surface area contributed by atoms with Crippen molar-refractivity contribution in [1.29, 1.82) is 0 Å². The molecule has 0 unspecified atom stereocenters. The highest BCUT2D eigenvalue weighted by Crippen LogP contribution is 2.24. The first-order valence-electron chi connectivity index (χ1n) is 7.16. The van der Waals surface area contributed by atoms with Gasteiger partial charge in [0.05, 0.1) is 17.3 Å². The van der Waals surface area contributed by atoms with Gasteiger partial charge in [0, 0.05) is 31.2 Å². The molecule has 0 aliphatic carbocycles. The number of ether oxygens (including phenoxy) is 1. The Morgan fingerprint density at radius 1 is 1.32 bits per heavy atom. The molecule has 0 N–H and O–H groups in total. The van der Waals surface area contributed by atoms with Crippen LogP contribution in [0.2, 0.25) is 0 Å². The Balaban J connectivity index is 1.59. The molecule has 2 aromatic rings. The second kappa shape index (κ2) is 6.87. The zero-order chi connectivity index (χ0) is 15.4. The van der Waals surface area contributed by atoms with Gasteiger partial charge in [0.2, 0.25) is 0 Å². The molecule has 1 aromatic carbocycles. The monoisotopic (exact) mass is 338 g/mol. The molecule has 0 radical (unpaired) electrons. The van der Waals surface area contributed by atoms with Crippen LogP contribution in [0.1, 0.15) is 11.1 Å². The molecule has 1 aliphatic heterocycles. The fourth-order valence-corrected chi connectivity index (χ4v) is 4.43. The number of hydrogen-bond acceptors (Lipinski definition) is 6. The second-order valence-electron chi connectivity index (χ2n) is 5.16. The molecular weight excluding hydrogens is 320 g/mol. The molecule has 1 atom stereocenters. The molecule has 1 aliphatic rings. The van der Waals surface area contributed by atoms with Crippen molar-refractivity contribution in [2.75, 3.05) is 32.0 Å². The summed E-state index contributed by atoms with van der Waals surface area (Å²) in [7, 11) is -3.23. The van der Waals surface area contributed by atoms with Gasteiger partial charge in [-0.2, -0.15) is 0 Å². The van der Waals surface area contributed by atoms with Gasteiger partial charge in [-0.3, -0.25) is 4.90 Å². The van der Waals surface area contributed by atoms with E-state index in [4.69, 9.17) is 4.74 Å². The molecular formula is C15H18N2O3S2. The molecule has 5 nitrogen and oxygen atoms in total. The average molecular weight is 338 g/mol. The van der Waals surface area contributed by atoms with Crippen molar-refractivity contribution in [1.82, 2.24) is 9.88 Å². The van der Waals surface area contributed by atoms with E-state index >= 15 is 0 Å². The summed E-state index contributed by atoms with van der Waals surface area (Å²) in [5.41, 5.74) is 0. The Hall–Kier alpha value is -1.28. The van der Waals surface area contributed by atoms with Crippen LogP contribution < -0.4 is 0 Å². The minimum Gasteiger partial charge on any atom is -0.368 e. The summed E-state index contributed by atoms with van der Waals surface area (Å²) in [4.78, 5) is 6.80. The Labute approximate surface area is 134 Å². The van der Waals surface area contributed by atoms with Crippen LogP contribution in [0, 0.1) is 0 Å². The fraction of sp³-hybridized carbons (Fsp3) is 0.400. The van der Waals surface area contributed by atoms with Crippen LogP contribution in [-0.4, -0.2) is 50.3 Å². The predicted octanol–water partition coefficient (Wildman–Crippen LogP) is 1.99. The highest BCUT2D eigenvalue weighted by Gasteiger charge is 2.25. The lowest BCUT2D eigenvalue weighted by molar-refractivity contribution is -0.0280. The molecule has 0 spiro atoms. The third kappa shape index (κ3) is 3.73. The normalized spacial score (nSPS) is 20.1. The van der Waals surface area contributed by atoms with Crippen molar-refractivity contribution < 1.29 is 13.2 Å². The lowest BCUT2D eigenvalue weighted by Crippen LogP contribution is -2.40. The van der Waals surface area contributed by atoms with E-state index in [2.05, 4.69) is 9.88 Å². The minimum atomic E-state index is -3.23. The number of hydrogen-bond donors (Lipinski definition) is 0. The number of nitrogens with zero attached hydrogens (tertiary/aromatic N) is 2. The Bertz CT molecular complexity index is 687. The zero-order valence-electron chi connectivity index (χ0n) is 12.1. The van der Waals surface area contributed by atoms with Crippen molar-refractivity contribution >= 4 is 21.2 Å². The van der Waals surface area contributed by atoms with Crippen LogP contribution in [0.3, 0.4) is 0 Å². The van der Waals surface area contributed by atoms with Crippen LogP contribution >= 0.6 is 11.3 Å². The highest BCUT2D eigenvalue weighted by molar-refractivity contribution is 7.91. The number of sulfone groups is 1. The topological polar surface area (TPSA) is 59.5 Å². The molecule has 1 aromatic heterocycles. The highest BCUT2D eigenvalue weighted by atomic mass is 32.2. The molecule has 0 bridgehead atoms. The Morgan fingerprint density at radius 3 is 2.86 bits per heavy atom. The van der Waals surface area contributed by atoms with Crippen LogP contribution in [0.15, 0.2) is 46.8 Å². The summed E-state index contributed by atoms with van der Waals surface area (Å²) in [6.45, 7) is 2.57. The molecule has 1 fully saturated rings. The lowest BCUT2D eigenvalue weighted by Gasteiger charge is -2.31. The zero-order valence-corrected chi connectivity index (χ0v) is 13.7. The van der Waals surface area contributed by atoms with Gasteiger partial charge in [0.15, 0.2) is 9.84 Å². The van der Waals surface area contributed by atoms with Gasteiger partial charge >= 0.3 is 0 Å². The smallest absolute Gasteiger partial charge is 0.179 e. The standard InChI is InChI=1S/C15H18N2O3S2/c18-22(19,13-4-2-1-3-5-13)11-8-17-7-9-20-14(12-17)15-16-6-10-21-15/h1-6,10,14H,7-9,11-12H2/t14-/m1/s1. The third-order valence-corrected chi connectivity index (χ3v) is 6.23. The minimum absolute atomic E-state index is 0.0480. The maximum Gasteiger partial charge on any atom is 0.179 e. The largest absolute Gasteiger partial charge is 0.368 e. The van der Waals surface area contributed by atoms with E-state index in [0.717, 1.165) is 11.6 Å². The molecule has 0 amide bonds. The van der Waals surface area contributed by atoms with E-state index in [0.29, 0.717) is 24.6 Å². The maximum atomic E-state index is 12.3. The fourth-order valence-electron chi connectivity index (χ4n) is 2.44. The first-order valence-corrected chi connectivity index (χ1v) is 9.69. The first-order chi connectivity index (χ1) is 10.6. The van der Waals surface area contributed by atoms with Gasteiger partial charge in [-0.05, 0) is 12.1 Å². The third-order valence-electron chi connectivity index (χ3n) is 3.66. The summed E-state index contributed by atoms with van der Waals surface area (Å²) in [6.07, 6.45) is 1.72. The molecule has 3 rings (SSSR count). The van der Waals surface area contributed by atoms with E-state index in [-0.39, 0.29) is 11.9 Å². The summed E-state index contributed by atoms with van der Waals surface area (Å²) in [6, 6.07) is 8.61. The van der Waals surface area contributed by atoms with Crippen LogP contribution in [0.4, 0.5) is 0 Å². The van der Waals surface area contributed by atoms with Gasteiger partial charge in [-0.1, -0.05) is 18.2 Å². The van der Waals surface area contributed by atoms with E-state index in [1.54, 1.807) is 41.8 Å². The van der Waals surface area contributed by atoms with Gasteiger partial charge in [-0.25, -0.2) is 13.4 Å². The van der Waals surface area contributed by atoms with E-state index < -0.39 is 9.84 Å². The summed E-state index contributed by atoms with van der Waals surface area (Å²) in [5, 5.41) is 2.88. The quantitative estimate of drug-likeness (QED) is 0.834. The van der Waals surface area contributed by atoms with E-state index in [1.165, 1.54) is 0 Å². The van der Waals surface area contributed by atoms with Crippen LogP contribution in [-0.2, 0) is 14.6 Å². The van der Waals surface area contributed by atoms with Gasteiger partial charge < -0.3 is 4.74 Å². The van der Waals surface area contributed by atoms with Gasteiger partial charge in [0.1, 0.15) is 11.1 Å². The first kappa shape index (κ1) is 15.6. The summed E-state index contributed by atoms with van der Waals surface area (Å²) >= 11 is 1.57. The molecule has 118 valence electrons. The molecule has 2 heterocycles. The SMILES string of the molecule is O=S(=O)(CCN1CCO[C@@H](c2nccs2)C1)c1ccccc1. The Kier molecular flexibility index (Phi) is 4.87. The number of aromatic nitrogens is 1. The number of morpholine rings is 1. The number of thiazole rings is 1. The molecule has 7 heteroatoms. The van der Waals surface area contributed by atoms with Gasteiger partial charge in [-0.15, -0.1) is 11.3 Å². The van der Waals surface area contributed by atoms with Crippen molar-refractivity contribution in [3.8, 4) is 0 Å². The van der Waals surface area contributed by atoms with Crippen molar-refractivity contribution in [3.05, 3.63) is 46.9 Å². The van der Waals surface area contributed by atoms with Gasteiger partial charge in [0.25, 0.3) is 0 Å². The Morgan fingerprint density at radius 2 is 2.14 bits per heavy atom. The molecule has 22 heavy (non-hydrogen) atoms. The van der Waals surface area contributed by atoms with E-state index in [9.17, 15) is 8.42 Å². The summed E-state index contributed by atoms with van der Waals surface area (Å²) < 4.78 is 30.4. The van der Waals surface area contributed by atoms with Crippen LogP contribution in [0.5, 0.6) is 0 Å².